The Labute approximate surface area is 163 Å². The number of hydrogen-bond acceptors (Lipinski definition) is 2. The van der Waals surface area contributed by atoms with Crippen LogP contribution in [0.4, 0.5) is 27.6 Å². The number of alkyl halides is 4. The Bertz CT molecular complexity index is 957. The van der Waals surface area contributed by atoms with E-state index in [4.69, 9.17) is 0 Å². The van der Waals surface area contributed by atoms with Crippen LogP contribution in [0.5, 0.6) is 0 Å². The Kier molecular flexibility index (Phi) is 4.64. The van der Waals surface area contributed by atoms with E-state index < -0.39 is 29.3 Å². The summed E-state index contributed by atoms with van der Waals surface area (Å²) in [5, 5.41) is 9.92. The largest absolute Gasteiger partial charge is 0.424 e. The van der Waals surface area contributed by atoms with E-state index >= 15 is 0 Å². The molecule has 1 heterocycles. The Morgan fingerprint density at radius 1 is 1.17 bits per heavy atom. The van der Waals surface area contributed by atoms with Gasteiger partial charge in [0.1, 0.15) is 5.82 Å². The fraction of sp³-hybridized carbons (Fsp3) is 0.381. The van der Waals surface area contributed by atoms with Gasteiger partial charge in [-0.15, -0.1) is 0 Å². The molecule has 0 bridgehead atoms. The average molecular weight is 411 g/mol. The van der Waals surface area contributed by atoms with Gasteiger partial charge < -0.3 is 10.0 Å². The van der Waals surface area contributed by atoms with Gasteiger partial charge in [0.2, 0.25) is 11.5 Å². The highest BCUT2D eigenvalue weighted by Crippen LogP contribution is 2.60. The van der Waals surface area contributed by atoms with E-state index in [9.17, 15) is 31.9 Å². The zero-order chi connectivity index (χ0) is 21.0. The third kappa shape index (κ3) is 3.10. The molecule has 154 valence electrons. The highest BCUT2D eigenvalue weighted by Gasteiger charge is 2.68. The van der Waals surface area contributed by atoms with E-state index in [1.165, 1.54) is 41.3 Å². The molecule has 0 radical (unpaired) electrons. The first-order valence-corrected chi connectivity index (χ1v) is 9.28. The van der Waals surface area contributed by atoms with Gasteiger partial charge in [-0.3, -0.25) is 4.79 Å². The van der Waals surface area contributed by atoms with Gasteiger partial charge in [-0.1, -0.05) is 12.1 Å². The topological polar surface area (TPSA) is 40.5 Å². The quantitative estimate of drug-likeness (QED) is 0.739. The third-order valence-corrected chi connectivity index (χ3v) is 5.67. The van der Waals surface area contributed by atoms with Crippen molar-refractivity contribution >= 4 is 11.6 Å². The number of halogens is 5. The minimum atomic E-state index is -5.13. The number of aryl methyl sites for hydroxylation is 1. The SMILES string of the molecule is O=C(Cc1ccc(F)cc1)N1CCCCc2cc3c(cc21)[C@@H](F)C3(O)C(F)(F)F. The van der Waals surface area contributed by atoms with Gasteiger partial charge in [-0.05, 0) is 60.2 Å². The fourth-order valence-electron chi connectivity index (χ4n) is 4.06. The van der Waals surface area contributed by atoms with Crippen LogP contribution < -0.4 is 4.90 Å². The summed E-state index contributed by atoms with van der Waals surface area (Å²) >= 11 is 0. The lowest BCUT2D eigenvalue weighted by Crippen LogP contribution is -2.53. The maximum atomic E-state index is 14.3. The molecule has 2 aromatic carbocycles. The number of benzene rings is 2. The predicted molar refractivity (Wildman–Crippen MR) is 95.6 cm³/mol. The first kappa shape index (κ1) is 19.8. The molecule has 29 heavy (non-hydrogen) atoms. The zero-order valence-electron chi connectivity index (χ0n) is 15.3. The van der Waals surface area contributed by atoms with Crippen molar-refractivity contribution in [3.05, 3.63) is 64.5 Å². The van der Waals surface area contributed by atoms with E-state index in [1.807, 2.05) is 0 Å². The van der Waals surface area contributed by atoms with Crippen LogP contribution in [0.1, 0.15) is 41.3 Å². The number of amides is 1. The Balaban J connectivity index is 1.69. The lowest BCUT2D eigenvalue weighted by Gasteiger charge is -2.44. The minimum absolute atomic E-state index is 0.0116. The van der Waals surface area contributed by atoms with Gasteiger partial charge in [0.05, 0.1) is 6.42 Å². The molecule has 1 unspecified atom stereocenters. The summed E-state index contributed by atoms with van der Waals surface area (Å²) in [6.07, 6.45) is -6.03. The third-order valence-electron chi connectivity index (χ3n) is 5.67. The van der Waals surface area contributed by atoms with Crippen molar-refractivity contribution in [2.45, 2.75) is 43.6 Å². The van der Waals surface area contributed by atoms with Crippen molar-refractivity contribution in [1.29, 1.82) is 0 Å². The summed E-state index contributed by atoms with van der Waals surface area (Å²) in [6, 6.07) is 7.90. The maximum Gasteiger partial charge on any atom is 0.424 e. The number of fused-ring (bicyclic) bond motifs is 2. The lowest BCUT2D eigenvalue weighted by molar-refractivity contribution is -0.302. The van der Waals surface area contributed by atoms with Crippen LogP contribution in [-0.2, 0) is 23.2 Å². The molecule has 1 amide bonds. The Hall–Kier alpha value is -2.48. The van der Waals surface area contributed by atoms with Crippen LogP contribution in [-0.4, -0.2) is 23.7 Å². The van der Waals surface area contributed by atoms with Crippen molar-refractivity contribution in [1.82, 2.24) is 0 Å². The highest BCUT2D eigenvalue weighted by molar-refractivity contribution is 5.96. The molecule has 3 nitrogen and oxygen atoms in total. The van der Waals surface area contributed by atoms with Crippen molar-refractivity contribution < 1.29 is 31.9 Å². The van der Waals surface area contributed by atoms with E-state index in [0.29, 0.717) is 42.6 Å². The van der Waals surface area contributed by atoms with E-state index in [-0.39, 0.29) is 17.9 Å². The summed E-state index contributed by atoms with van der Waals surface area (Å²) in [4.78, 5) is 14.3. The summed E-state index contributed by atoms with van der Waals surface area (Å²) in [5.74, 6) is -0.729. The summed E-state index contributed by atoms with van der Waals surface area (Å²) in [7, 11) is 0. The second-order valence-electron chi connectivity index (χ2n) is 7.50. The first-order valence-electron chi connectivity index (χ1n) is 9.28. The summed E-state index contributed by atoms with van der Waals surface area (Å²) < 4.78 is 67.1. The molecule has 2 aromatic rings. The maximum absolute atomic E-state index is 14.3. The van der Waals surface area contributed by atoms with Crippen molar-refractivity contribution in [2.75, 3.05) is 11.4 Å². The average Bonchev–Trinajstić information content (AvgIpc) is 2.89. The van der Waals surface area contributed by atoms with E-state index in [0.717, 1.165) is 0 Å². The van der Waals surface area contributed by atoms with Gasteiger partial charge in [-0.25, -0.2) is 8.78 Å². The molecular weight excluding hydrogens is 393 g/mol. The number of aliphatic hydroxyl groups is 1. The van der Waals surface area contributed by atoms with Crippen LogP contribution in [0, 0.1) is 5.82 Å². The molecule has 0 aromatic heterocycles. The number of carbonyl (C=O) groups excluding carboxylic acids is 1. The summed E-state index contributed by atoms with van der Waals surface area (Å²) in [6.45, 7) is 0.353. The smallest absolute Gasteiger partial charge is 0.374 e. The standard InChI is InChI=1S/C21H18F5NO2/c22-14-6-4-12(5-7-14)9-18(28)27-8-2-1-3-13-10-16-15(11-17(13)27)19(23)20(16,29)21(24,25)26/h4-7,10-11,19,29H,1-3,8-9H2/t19-,20?/m1/s1. The molecule has 2 atom stereocenters. The molecule has 0 fully saturated rings. The number of rotatable bonds is 2. The molecule has 2 aliphatic rings. The normalized spacial score (nSPS) is 23.7. The zero-order valence-corrected chi connectivity index (χ0v) is 15.3. The van der Waals surface area contributed by atoms with Crippen molar-refractivity contribution in [2.24, 2.45) is 0 Å². The molecule has 0 saturated heterocycles. The molecular formula is C21H18F5NO2. The molecule has 0 spiro atoms. The number of nitrogens with zero attached hydrogens (tertiary/aromatic N) is 1. The van der Waals surface area contributed by atoms with E-state index in [1.54, 1.807) is 0 Å². The second-order valence-corrected chi connectivity index (χ2v) is 7.50. The predicted octanol–water partition coefficient (Wildman–Crippen LogP) is 4.51. The molecule has 8 heteroatoms. The Morgan fingerprint density at radius 3 is 2.52 bits per heavy atom. The van der Waals surface area contributed by atoms with Crippen LogP contribution in [0.25, 0.3) is 0 Å². The molecule has 1 aliphatic carbocycles. The lowest BCUT2D eigenvalue weighted by atomic mass is 9.70. The molecule has 1 aliphatic heterocycles. The van der Waals surface area contributed by atoms with Gasteiger partial charge in [0.15, 0.2) is 6.17 Å². The monoisotopic (exact) mass is 411 g/mol. The number of carbonyl (C=O) groups is 1. The van der Waals surface area contributed by atoms with Crippen LogP contribution in [0.3, 0.4) is 0 Å². The molecule has 0 saturated carbocycles. The molecule has 1 N–H and O–H groups in total. The Morgan fingerprint density at radius 2 is 1.86 bits per heavy atom. The van der Waals surface area contributed by atoms with Gasteiger partial charge in [-0.2, -0.15) is 13.2 Å². The van der Waals surface area contributed by atoms with Gasteiger partial charge >= 0.3 is 6.18 Å². The highest BCUT2D eigenvalue weighted by atomic mass is 19.4. The van der Waals surface area contributed by atoms with Crippen molar-refractivity contribution in [3.63, 3.8) is 0 Å². The van der Waals surface area contributed by atoms with Crippen LogP contribution in [0.2, 0.25) is 0 Å². The minimum Gasteiger partial charge on any atom is -0.374 e. The fourth-order valence-corrected chi connectivity index (χ4v) is 4.06. The summed E-state index contributed by atoms with van der Waals surface area (Å²) in [5.41, 5.74) is -2.79. The van der Waals surface area contributed by atoms with E-state index in [2.05, 4.69) is 0 Å². The molecule has 4 rings (SSSR count). The van der Waals surface area contributed by atoms with Crippen molar-refractivity contribution in [3.8, 4) is 0 Å². The van der Waals surface area contributed by atoms with Gasteiger partial charge in [0.25, 0.3) is 0 Å². The van der Waals surface area contributed by atoms with Crippen LogP contribution in [0.15, 0.2) is 36.4 Å². The number of anilines is 1. The van der Waals surface area contributed by atoms with Gasteiger partial charge in [0, 0.05) is 17.8 Å². The van der Waals surface area contributed by atoms with Crippen LogP contribution >= 0.6 is 0 Å². The number of hydrogen-bond donors (Lipinski definition) is 1. The first-order chi connectivity index (χ1) is 13.6. The second kappa shape index (κ2) is 6.79.